The van der Waals surface area contributed by atoms with Crippen molar-refractivity contribution in [3.8, 4) is 0 Å². The van der Waals surface area contributed by atoms with E-state index >= 15 is 0 Å². The molecule has 0 radical (unpaired) electrons. The number of hydrogen-bond donors (Lipinski definition) is 0. The highest BCUT2D eigenvalue weighted by molar-refractivity contribution is 5.65. The number of allylic oxidation sites excluding steroid dienone is 1. The summed E-state index contributed by atoms with van der Waals surface area (Å²) in [6.07, 6.45) is 1.93. The van der Waals surface area contributed by atoms with Crippen LogP contribution in [-0.2, 0) is 39.8 Å². The van der Waals surface area contributed by atoms with Gasteiger partial charge in [0, 0.05) is 24.7 Å². The van der Waals surface area contributed by atoms with Gasteiger partial charge in [0.05, 0.1) is 31.5 Å². The molecule has 2 heterocycles. The summed E-state index contributed by atoms with van der Waals surface area (Å²) in [5, 5.41) is 0. The molecule has 0 spiro atoms. The Bertz CT molecular complexity index is 830. The molecular weight excluding hydrogens is 472 g/mol. The summed E-state index contributed by atoms with van der Waals surface area (Å²) in [6, 6.07) is 10.2. The molecule has 10 atom stereocenters. The van der Waals surface area contributed by atoms with E-state index in [0.29, 0.717) is 13.2 Å². The van der Waals surface area contributed by atoms with Crippen molar-refractivity contribution in [3.05, 3.63) is 48.6 Å². The first-order chi connectivity index (χ1) is 17.7. The average molecular weight is 519 g/mol. The molecule has 4 unspecified atom stereocenters. The van der Waals surface area contributed by atoms with Crippen molar-refractivity contribution < 1.29 is 33.2 Å². The third kappa shape index (κ3) is 8.11. The minimum Gasteiger partial charge on any atom is -0.463 e. The fourth-order valence-electron chi connectivity index (χ4n) is 5.16. The van der Waals surface area contributed by atoms with Crippen LogP contribution < -0.4 is 0 Å². The largest absolute Gasteiger partial charge is 0.463 e. The fourth-order valence-corrected chi connectivity index (χ4v) is 5.16. The highest BCUT2D eigenvalue weighted by Crippen LogP contribution is 2.39. The van der Waals surface area contributed by atoms with Gasteiger partial charge >= 0.3 is 5.97 Å². The van der Waals surface area contributed by atoms with E-state index in [1.165, 1.54) is 6.92 Å². The van der Waals surface area contributed by atoms with Gasteiger partial charge < -0.3 is 28.4 Å². The highest BCUT2D eigenvalue weighted by Gasteiger charge is 2.48. The van der Waals surface area contributed by atoms with Crippen molar-refractivity contribution in [1.29, 1.82) is 0 Å². The Labute approximate surface area is 222 Å². The molecule has 7 heteroatoms. The van der Waals surface area contributed by atoms with E-state index in [0.717, 1.165) is 18.4 Å². The van der Waals surface area contributed by atoms with Crippen LogP contribution in [0.5, 0.6) is 0 Å². The standard InChI is InChI=1S/C30H46O7/c1-8-9-13-16-32-29-20(3)19(2)28(26(36-29)18-33-24(7)31)37-30-22(5)27(21(4)23(6)35-30)34-17-25-14-11-10-12-15-25/h8,10-12,14-15,19-23,26-30H,1,9,13,16-18H2,2-7H3/t19-,20?,21-,22?,23?,26?,27-,28+,29-,30+/m1/s1. The van der Waals surface area contributed by atoms with Crippen LogP contribution in [0, 0.1) is 23.7 Å². The molecule has 0 bridgehead atoms. The van der Waals surface area contributed by atoms with Gasteiger partial charge in [-0.15, -0.1) is 6.58 Å². The average Bonchev–Trinajstić information content (AvgIpc) is 2.88. The quantitative estimate of drug-likeness (QED) is 0.205. The molecule has 2 aliphatic rings. The van der Waals surface area contributed by atoms with Crippen molar-refractivity contribution in [2.45, 2.75) is 98.0 Å². The van der Waals surface area contributed by atoms with Gasteiger partial charge in [0.15, 0.2) is 12.6 Å². The van der Waals surface area contributed by atoms with E-state index < -0.39 is 18.7 Å². The molecule has 0 amide bonds. The summed E-state index contributed by atoms with van der Waals surface area (Å²) >= 11 is 0. The second-order valence-electron chi connectivity index (χ2n) is 10.7. The van der Waals surface area contributed by atoms with E-state index in [1.807, 2.05) is 24.3 Å². The zero-order valence-electron chi connectivity index (χ0n) is 23.3. The molecule has 0 saturated carbocycles. The summed E-state index contributed by atoms with van der Waals surface area (Å²) in [6.45, 7) is 17.0. The zero-order valence-corrected chi connectivity index (χ0v) is 23.3. The van der Waals surface area contributed by atoms with E-state index in [9.17, 15) is 4.79 Å². The number of unbranched alkanes of at least 4 members (excludes halogenated alkanes) is 1. The summed E-state index contributed by atoms with van der Waals surface area (Å²) in [5.74, 6) is 0.0362. The Morgan fingerprint density at radius 3 is 2.32 bits per heavy atom. The lowest BCUT2D eigenvalue weighted by molar-refractivity contribution is -0.331. The molecule has 2 fully saturated rings. The Hall–Kier alpha value is -1.77. The SMILES string of the molecule is C=CCCCO[C@@H]1OC(COC(C)=O)[C@@H](O[C@@H]2OC(C)[C@@H](C)[C@@H](OCc3ccccc3)C2C)[C@H](C)C1C. The number of hydrogen-bond acceptors (Lipinski definition) is 7. The zero-order chi connectivity index (χ0) is 26.9. The normalized spacial score (nSPS) is 36.2. The predicted molar refractivity (Wildman–Crippen MR) is 142 cm³/mol. The minimum atomic E-state index is -0.472. The van der Waals surface area contributed by atoms with Crippen LogP contribution in [0.15, 0.2) is 43.0 Å². The van der Waals surface area contributed by atoms with Crippen LogP contribution in [0.1, 0.15) is 59.9 Å². The van der Waals surface area contributed by atoms with Crippen molar-refractivity contribution in [1.82, 2.24) is 0 Å². The molecule has 208 valence electrons. The van der Waals surface area contributed by atoms with Gasteiger partial charge in [-0.05, 0) is 31.2 Å². The Morgan fingerprint density at radius 1 is 0.919 bits per heavy atom. The van der Waals surface area contributed by atoms with E-state index in [2.05, 4.69) is 53.3 Å². The maximum atomic E-state index is 11.6. The molecule has 3 rings (SSSR count). The van der Waals surface area contributed by atoms with E-state index in [1.54, 1.807) is 0 Å². The number of carbonyl (C=O) groups excluding carboxylic acids is 1. The summed E-state index contributed by atoms with van der Waals surface area (Å²) in [5.41, 5.74) is 1.14. The van der Waals surface area contributed by atoms with Crippen LogP contribution >= 0.6 is 0 Å². The highest BCUT2D eigenvalue weighted by atomic mass is 16.7. The molecule has 37 heavy (non-hydrogen) atoms. The van der Waals surface area contributed by atoms with Crippen molar-refractivity contribution in [3.63, 3.8) is 0 Å². The first-order valence-corrected chi connectivity index (χ1v) is 13.7. The maximum Gasteiger partial charge on any atom is 0.302 e. The predicted octanol–water partition coefficient (Wildman–Crippen LogP) is 5.52. The summed E-state index contributed by atoms with van der Waals surface area (Å²) in [4.78, 5) is 11.6. The minimum absolute atomic E-state index is 0.000305. The van der Waals surface area contributed by atoms with Crippen LogP contribution in [0.3, 0.4) is 0 Å². The second-order valence-corrected chi connectivity index (χ2v) is 10.7. The molecule has 7 nitrogen and oxygen atoms in total. The van der Waals surface area contributed by atoms with Gasteiger partial charge in [-0.25, -0.2) is 0 Å². The lowest BCUT2D eigenvalue weighted by atomic mass is 9.83. The van der Waals surface area contributed by atoms with Gasteiger partial charge in [0.25, 0.3) is 0 Å². The monoisotopic (exact) mass is 518 g/mol. The molecule has 0 aromatic heterocycles. The molecule has 0 aliphatic carbocycles. The first-order valence-electron chi connectivity index (χ1n) is 13.7. The van der Waals surface area contributed by atoms with Gasteiger partial charge in [-0.3, -0.25) is 4.79 Å². The van der Waals surface area contributed by atoms with Crippen LogP contribution in [-0.4, -0.2) is 56.2 Å². The van der Waals surface area contributed by atoms with Crippen molar-refractivity contribution in [2.75, 3.05) is 13.2 Å². The molecule has 2 saturated heterocycles. The van der Waals surface area contributed by atoms with Gasteiger partial charge in [0.1, 0.15) is 12.7 Å². The fraction of sp³-hybridized carbons (Fsp3) is 0.700. The number of carbonyl (C=O) groups is 1. The van der Waals surface area contributed by atoms with Crippen LogP contribution in [0.2, 0.25) is 0 Å². The molecule has 1 aromatic rings. The third-order valence-corrected chi connectivity index (χ3v) is 7.87. The molecular formula is C30H46O7. The Morgan fingerprint density at radius 2 is 1.65 bits per heavy atom. The smallest absolute Gasteiger partial charge is 0.302 e. The summed E-state index contributed by atoms with van der Waals surface area (Å²) in [7, 11) is 0. The first kappa shape index (κ1) is 29.8. The van der Waals surface area contributed by atoms with Gasteiger partial charge in [-0.2, -0.15) is 0 Å². The lowest BCUT2D eigenvalue weighted by Crippen LogP contribution is -2.57. The van der Waals surface area contributed by atoms with E-state index in [4.69, 9.17) is 28.4 Å². The maximum absolute atomic E-state index is 11.6. The van der Waals surface area contributed by atoms with E-state index in [-0.39, 0.29) is 54.6 Å². The summed E-state index contributed by atoms with van der Waals surface area (Å²) < 4.78 is 37.2. The number of esters is 1. The second kappa shape index (κ2) is 14.4. The Kier molecular flexibility index (Phi) is 11.6. The topological polar surface area (TPSA) is 72.5 Å². The Balaban J connectivity index is 1.70. The van der Waals surface area contributed by atoms with Crippen LogP contribution in [0.4, 0.5) is 0 Å². The van der Waals surface area contributed by atoms with Gasteiger partial charge in [0.2, 0.25) is 0 Å². The van der Waals surface area contributed by atoms with Crippen molar-refractivity contribution in [2.24, 2.45) is 23.7 Å². The van der Waals surface area contributed by atoms with Gasteiger partial charge in [-0.1, -0.05) is 64.1 Å². The number of ether oxygens (including phenoxy) is 6. The number of benzene rings is 1. The third-order valence-electron chi connectivity index (χ3n) is 7.87. The van der Waals surface area contributed by atoms with Crippen LogP contribution in [0.25, 0.3) is 0 Å². The molecule has 0 N–H and O–H groups in total. The van der Waals surface area contributed by atoms with Crippen molar-refractivity contribution >= 4 is 5.97 Å². The lowest BCUT2D eigenvalue weighted by Gasteiger charge is -2.48. The molecule has 2 aliphatic heterocycles. The molecule has 1 aromatic carbocycles. The number of rotatable bonds is 12.